The van der Waals surface area contributed by atoms with Crippen LogP contribution in [0.3, 0.4) is 0 Å². The second-order valence-electron chi connectivity index (χ2n) is 7.63. The third-order valence-corrected chi connectivity index (χ3v) is 5.63. The number of nitrogens with two attached hydrogens (primary N) is 3. The first kappa shape index (κ1) is 26.1. The van der Waals surface area contributed by atoms with Gasteiger partial charge in [-0.1, -0.05) is 17.7 Å². The molecular weight excluding hydrogens is 460 g/mol. The van der Waals surface area contributed by atoms with E-state index >= 15 is 0 Å². The van der Waals surface area contributed by atoms with E-state index in [0.29, 0.717) is 23.0 Å². The highest BCUT2D eigenvalue weighted by Gasteiger charge is 2.17. The van der Waals surface area contributed by atoms with Crippen molar-refractivity contribution in [2.24, 2.45) is 17.3 Å². The first-order valence-corrected chi connectivity index (χ1v) is 11.2. The fourth-order valence-corrected chi connectivity index (χ4v) is 3.80. The maximum absolute atomic E-state index is 10.5. The molecule has 1 heterocycles. The van der Waals surface area contributed by atoms with Crippen molar-refractivity contribution >= 4 is 50.8 Å². The van der Waals surface area contributed by atoms with Crippen molar-refractivity contribution in [3.05, 3.63) is 70.3 Å². The number of anilines is 1. The fraction of sp³-hybridized carbons (Fsp3) is 0.217. The Morgan fingerprint density at radius 3 is 2.48 bits per heavy atom. The lowest BCUT2D eigenvalue weighted by atomic mass is 10.2. The van der Waals surface area contributed by atoms with Crippen LogP contribution in [-0.4, -0.2) is 31.3 Å². The summed E-state index contributed by atoms with van der Waals surface area (Å²) in [6.07, 6.45) is 2.44. The number of nitrogens with one attached hydrogen (secondary N) is 2. The van der Waals surface area contributed by atoms with E-state index in [2.05, 4.69) is 5.32 Å². The standard InChI is InChI=1S/C13H18N6S.C10H11ClO2/c1-18-6-8(14)7-19(17)10-3-2-4-11-9(10)5-12(20-11)13(15)16;1-10(2,7-12)13-9-5-3-8(11)4-6-9/h2-5,7,18H,6,14,17H2,1H3,(H3,15,16);3-7H,1-2H3/b8-7-;. The molecule has 10 heteroatoms. The number of halogens is 1. The molecule has 176 valence electrons. The fourth-order valence-electron chi connectivity index (χ4n) is 2.73. The summed E-state index contributed by atoms with van der Waals surface area (Å²) in [6, 6.07) is 14.6. The summed E-state index contributed by atoms with van der Waals surface area (Å²) in [4.78, 5) is 11.3. The maximum atomic E-state index is 10.5. The molecule has 8 N–H and O–H groups in total. The van der Waals surface area contributed by atoms with Crippen molar-refractivity contribution in [3.63, 3.8) is 0 Å². The number of amidine groups is 1. The highest BCUT2D eigenvalue weighted by Crippen LogP contribution is 2.32. The van der Waals surface area contributed by atoms with Crippen LogP contribution in [-0.2, 0) is 4.79 Å². The van der Waals surface area contributed by atoms with Crippen molar-refractivity contribution in [1.29, 1.82) is 5.41 Å². The summed E-state index contributed by atoms with van der Waals surface area (Å²) in [5.74, 6) is 6.75. The summed E-state index contributed by atoms with van der Waals surface area (Å²) in [7, 11) is 1.82. The average molecular weight is 489 g/mol. The van der Waals surface area contributed by atoms with E-state index in [4.69, 9.17) is 39.1 Å². The Balaban J connectivity index is 0.000000257. The Labute approximate surface area is 202 Å². The van der Waals surface area contributed by atoms with E-state index in [1.807, 2.05) is 31.3 Å². The molecule has 0 radical (unpaired) electrons. The van der Waals surface area contributed by atoms with E-state index in [9.17, 15) is 4.79 Å². The van der Waals surface area contributed by atoms with Gasteiger partial charge in [0.25, 0.3) is 0 Å². The Hall–Kier alpha value is -3.11. The van der Waals surface area contributed by atoms with Crippen LogP contribution in [0.4, 0.5) is 5.69 Å². The monoisotopic (exact) mass is 488 g/mol. The van der Waals surface area contributed by atoms with E-state index in [1.165, 1.54) is 16.3 Å². The van der Waals surface area contributed by atoms with Crippen molar-refractivity contribution in [1.82, 2.24) is 5.32 Å². The second kappa shape index (κ2) is 11.7. The minimum atomic E-state index is -0.784. The number of benzene rings is 2. The largest absolute Gasteiger partial charge is 0.480 e. The van der Waals surface area contributed by atoms with Gasteiger partial charge < -0.3 is 21.5 Å². The molecule has 0 saturated carbocycles. The Kier molecular flexibility index (Phi) is 9.24. The molecule has 0 bridgehead atoms. The van der Waals surface area contributed by atoms with Crippen molar-refractivity contribution in [2.45, 2.75) is 19.4 Å². The number of hydrogen-bond acceptors (Lipinski definition) is 8. The zero-order valence-electron chi connectivity index (χ0n) is 18.8. The molecule has 1 aromatic heterocycles. The van der Waals surface area contributed by atoms with E-state index in [1.54, 1.807) is 44.3 Å². The van der Waals surface area contributed by atoms with Gasteiger partial charge in [-0.2, -0.15) is 0 Å². The summed E-state index contributed by atoms with van der Waals surface area (Å²) >= 11 is 7.16. The molecule has 0 unspecified atom stereocenters. The number of hydrazine groups is 1. The molecule has 0 amide bonds. The molecule has 0 atom stereocenters. The van der Waals surface area contributed by atoms with E-state index in [0.717, 1.165) is 26.9 Å². The van der Waals surface area contributed by atoms with Gasteiger partial charge in [0, 0.05) is 33.6 Å². The first-order valence-electron chi connectivity index (χ1n) is 9.99. The molecule has 0 saturated heterocycles. The number of nitrogen functional groups attached to an aromatic ring is 1. The lowest BCUT2D eigenvalue weighted by Crippen LogP contribution is -2.29. The molecule has 33 heavy (non-hydrogen) atoms. The molecular formula is C23H29ClN6O2S. The second-order valence-corrected chi connectivity index (χ2v) is 9.15. The topological polar surface area (TPSA) is 143 Å². The number of hydrogen-bond donors (Lipinski definition) is 5. The van der Waals surface area contributed by atoms with Crippen LogP contribution in [0, 0.1) is 5.41 Å². The van der Waals surface area contributed by atoms with Crippen molar-refractivity contribution in [2.75, 3.05) is 18.6 Å². The smallest absolute Gasteiger partial charge is 0.162 e. The van der Waals surface area contributed by atoms with Crippen LogP contribution in [0.25, 0.3) is 10.1 Å². The first-order chi connectivity index (χ1) is 15.6. The van der Waals surface area contributed by atoms with E-state index < -0.39 is 5.60 Å². The molecule has 0 fully saturated rings. The van der Waals surface area contributed by atoms with Crippen LogP contribution in [0.15, 0.2) is 60.4 Å². The Morgan fingerprint density at radius 1 is 1.24 bits per heavy atom. The van der Waals surface area contributed by atoms with Gasteiger partial charge in [-0.3, -0.25) is 15.2 Å². The third kappa shape index (κ3) is 7.76. The lowest BCUT2D eigenvalue weighted by molar-refractivity contribution is -0.118. The number of rotatable bonds is 8. The summed E-state index contributed by atoms with van der Waals surface area (Å²) in [5.41, 5.74) is 12.1. The number of thiophene rings is 1. The molecule has 2 aromatic carbocycles. The van der Waals surface area contributed by atoms with Gasteiger partial charge in [-0.15, -0.1) is 11.3 Å². The number of likely N-dealkylation sites (N-methyl/N-ethyl adjacent to an activating group) is 1. The van der Waals surface area contributed by atoms with Gasteiger partial charge in [0.2, 0.25) is 0 Å². The molecule has 0 spiro atoms. The highest BCUT2D eigenvalue weighted by atomic mass is 35.5. The summed E-state index contributed by atoms with van der Waals surface area (Å²) in [6.45, 7) is 3.97. The van der Waals surface area contributed by atoms with Gasteiger partial charge >= 0.3 is 0 Å². The Morgan fingerprint density at radius 2 is 1.91 bits per heavy atom. The van der Waals surface area contributed by atoms with Crippen LogP contribution in [0.1, 0.15) is 18.7 Å². The van der Waals surface area contributed by atoms with Crippen molar-refractivity contribution in [3.8, 4) is 5.75 Å². The zero-order chi connectivity index (χ0) is 24.6. The van der Waals surface area contributed by atoms with Gasteiger partial charge in [-0.25, -0.2) is 5.84 Å². The molecule has 0 aliphatic heterocycles. The van der Waals surface area contributed by atoms with Crippen LogP contribution in [0.2, 0.25) is 5.02 Å². The molecule has 0 aliphatic rings. The Bertz CT molecular complexity index is 1130. The minimum absolute atomic E-state index is 0.0611. The highest BCUT2D eigenvalue weighted by molar-refractivity contribution is 7.20. The van der Waals surface area contributed by atoms with Gasteiger partial charge in [0.15, 0.2) is 11.9 Å². The van der Waals surface area contributed by atoms with E-state index in [-0.39, 0.29) is 5.84 Å². The van der Waals surface area contributed by atoms with Gasteiger partial charge in [0.1, 0.15) is 11.6 Å². The number of nitrogens with zero attached hydrogens (tertiary/aromatic N) is 1. The zero-order valence-corrected chi connectivity index (χ0v) is 20.3. The van der Waals surface area contributed by atoms with Gasteiger partial charge in [-0.05, 0) is 63.4 Å². The van der Waals surface area contributed by atoms with Crippen LogP contribution < -0.4 is 32.4 Å². The summed E-state index contributed by atoms with van der Waals surface area (Å²) < 4.78 is 6.41. The average Bonchev–Trinajstić information content (AvgIpc) is 3.21. The third-order valence-electron chi connectivity index (χ3n) is 4.25. The number of ether oxygens (including phenoxy) is 1. The molecule has 3 aromatic rings. The molecule has 8 nitrogen and oxygen atoms in total. The maximum Gasteiger partial charge on any atom is 0.162 e. The molecule has 0 aliphatic carbocycles. The predicted molar refractivity (Wildman–Crippen MR) is 138 cm³/mol. The molecule has 3 rings (SSSR count). The quantitative estimate of drug-likeness (QED) is 0.107. The van der Waals surface area contributed by atoms with Crippen LogP contribution in [0.5, 0.6) is 5.75 Å². The number of fused-ring (bicyclic) bond motifs is 1. The number of carbonyl (C=O) groups is 1. The minimum Gasteiger partial charge on any atom is -0.480 e. The normalized spacial score (nSPS) is 11.5. The van der Waals surface area contributed by atoms with Crippen molar-refractivity contribution < 1.29 is 9.53 Å². The van der Waals surface area contributed by atoms with Gasteiger partial charge in [0.05, 0.1) is 10.6 Å². The number of carbonyl (C=O) groups excluding carboxylic acids is 1. The lowest BCUT2D eigenvalue weighted by Gasteiger charge is -2.19. The van der Waals surface area contributed by atoms with Crippen LogP contribution >= 0.6 is 22.9 Å². The SMILES string of the molecule is CC(C)(C=O)Oc1ccc(Cl)cc1.CNC/C(N)=C/N(N)c1cccc2sc(C(=N)N)cc12. The predicted octanol–water partition coefficient (Wildman–Crippen LogP) is 3.58. The summed E-state index contributed by atoms with van der Waals surface area (Å²) in [5, 5.41) is 13.6. The number of aldehydes is 1.